The quantitative estimate of drug-likeness (QED) is 0.936. The standard InChI is InChI=1S/C18H24N4O2/c1-3-4-5-17(23)21-8-10-22(11-9-21)18(24)14-6-7-15-16(12-14)20-13(2)19-15/h6-7,12H,3-5,8-11H2,1-2H3,(H,19,20). The first-order valence-corrected chi connectivity index (χ1v) is 8.62. The molecule has 0 spiro atoms. The van der Waals surface area contributed by atoms with Crippen LogP contribution >= 0.6 is 0 Å². The summed E-state index contributed by atoms with van der Waals surface area (Å²) in [7, 11) is 0. The molecule has 1 aromatic heterocycles. The van der Waals surface area contributed by atoms with E-state index < -0.39 is 0 Å². The fourth-order valence-electron chi connectivity index (χ4n) is 3.10. The number of amides is 2. The molecule has 24 heavy (non-hydrogen) atoms. The largest absolute Gasteiger partial charge is 0.342 e. The van der Waals surface area contributed by atoms with Gasteiger partial charge in [0, 0.05) is 38.2 Å². The lowest BCUT2D eigenvalue weighted by Crippen LogP contribution is -2.50. The highest BCUT2D eigenvalue weighted by atomic mass is 16.2. The van der Waals surface area contributed by atoms with E-state index in [0.717, 1.165) is 29.7 Å². The van der Waals surface area contributed by atoms with Gasteiger partial charge in [0.1, 0.15) is 5.82 Å². The van der Waals surface area contributed by atoms with Crippen LogP contribution in [0.25, 0.3) is 11.0 Å². The van der Waals surface area contributed by atoms with E-state index in [1.165, 1.54) is 0 Å². The molecule has 0 saturated carbocycles. The zero-order chi connectivity index (χ0) is 17.1. The van der Waals surface area contributed by atoms with E-state index in [1.54, 1.807) is 0 Å². The van der Waals surface area contributed by atoms with Crippen LogP contribution in [0.2, 0.25) is 0 Å². The van der Waals surface area contributed by atoms with Crippen molar-refractivity contribution in [2.24, 2.45) is 0 Å². The Hall–Kier alpha value is -2.37. The first kappa shape index (κ1) is 16.5. The van der Waals surface area contributed by atoms with Crippen LogP contribution in [0.5, 0.6) is 0 Å². The van der Waals surface area contributed by atoms with Crippen molar-refractivity contribution in [3.8, 4) is 0 Å². The van der Waals surface area contributed by atoms with Gasteiger partial charge in [-0.15, -0.1) is 0 Å². The smallest absolute Gasteiger partial charge is 0.254 e. The molecule has 0 atom stereocenters. The average molecular weight is 328 g/mol. The molecule has 6 heteroatoms. The van der Waals surface area contributed by atoms with E-state index in [-0.39, 0.29) is 11.8 Å². The summed E-state index contributed by atoms with van der Waals surface area (Å²) in [4.78, 5) is 36.0. The molecule has 0 aliphatic carbocycles. The molecule has 2 aromatic rings. The lowest BCUT2D eigenvalue weighted by molar-refractivity contribution is -0.132. The maximum absolute atomic E-state index is 12.7. The summed E-state index contributed by atoms with van der Waals surface area (Å²) in [6.45, 7) is 6.42. The number of aromatic nitrogens is 2. The van der Waals surface area contributed by atoms with Crippen LogP contribution in [-0.4, -0.2) is 57.8 Å². The molecule has 1 saturated heterocycles. The SMILES string of the molecule is CCCCC(=O)N1CCN(C(=O)c2ccc3nc(C)[nH]c3c2)CC1. The molecule has 128 valence electrons. The van der Waals surface area contributed by atoms with E-state index in [1.807, 2.05) is 34.9 Å². The van der Waals surface area contributed by atoms with E-state index in [2.05, 4.69) is 16.9 Å². The van der Waals surface area contributed by atoms with Crippen LogP contribution in [0, 0.1) is 6.92 Å². The third-order valence-corrected chi connectivity index (χ3v) is 4.51. The third-order valence-electron chi connectivity index (χ3n) is 4.51. The van der Waals surface area contributed by atoms with E-state index >= 15 is 0 Å². The topological polar surface area (TPSA) is 69.3 Å². The van der Waals surface area contributed by atoms with Crippen LogP contribution < -0.4 is 0 Å². The number of aryl methyl sites for hydroxylation is 1. The highest BCUT2D eigenvalue weighted by molar-refractivity contribution is 5.97. The Kier molecular flexibility index (Phi) is 4.83. The number of piperazine rings is 1. The lowest BCUT2D eigenvalue weighted by Gasteiger charge is -2.35. The summed E-state index contributed by atoms with van der Waals surface area (Å²) in [5, 5.41) is 0. The monoisotopic (exact) mass is 328 g/mol. The number of carbonyl (C=O) groups excluding carboxylic acids is 2. The molecule has 3 rings (SSSR count). The van der Waals surface area contributed by atoms with Gasteiger partial charge in [0.05, 0.1) is 11.0 Å². The van der Waals surface area contributed by atoms with Gasteiger partial charge in [0.25, 0.3) is 5.91 Å². The van der Waals surface area contributed by atoms with Gasteiger partial charge in [-0.1, -0.05) is 13.3 Å². The van der Waals surface area contributed by atoms with Gasteiger partial charge in [-0.2, -0.15) is 0 Å². The van der Waals surface area contributed by atoms with Crippen molar-refractivity contribution in [1.29, 1.82) is 0 Å². The average Bonchev–Trinajstić information content (AvgIpc) is 2.98. The number of hydrogen-bond acceptors (Lipinski definition) is 3. The van der Waals surface area contributed by atoms with Crippen molar-refractivity contribution >= 4 is 22.8 Å². The Balaban J connectivity index is 1.62. The lowest BCUT2D eigenvalue weighted by atomic mass is 10.1. The molecule has 0 radical (unpaired) electrons. The first-order chi connectivity index (χ1) is 11.6. The van der Waals surface area contributed by atoms with Gasteiger partial charge < -0.3 is 14.8 Å². The molecule has 1 aliphatic heterocycles. The highest BCUT2D eigenvalue weighted by Crippen LogP contribution is 2.16. The summed E-state index contributed by atoms with van der Waals surface area (Å²) in [5.41, 5.74) is 2.42. The zero-order valence-corrected chi connectivity index (χ0v) is 14.3. The molecular weight excluding hydrogens is 304 g/mol. The zero-order valence-electron chi connectivity index (χ0n) is 14.3. The van der Waals surface area contributed by atoms with Gasteiger partial charge in [0.15, 0.2) is 0 Å². The summed E-state index contributed by atoms with van der Waals surface area (Å²) < 4.78 is 0. The molecule has 2 heterocycles. The van der Waals surface area contributed by atoms with Gasteiger partial charge in [0.2, 0.25) is 5.91 Å². The molecule has 0 bridgehead atoms. The minimum absolute atomic E-state index is 0.0183. The molecule has 0 unspecified atom stereocenters. The number of nitrogens with one attached hydrogen (secondary N) is 1. The number of rotatable bonds is 4. The van der Waals surface area contributed by atoms with Gasteiger partial charge in [-0.05, 0) is 31.5 Å². The Morgan fingerprint density at radius 3 is 2.58 bits per heavy atom. The van der Waals surface area contributed by atoms with Crippen molar-refractivity contribution in [2.75, 3.05) is 26.2 Å². The molecule has 1 N–H and O–H groups in total. The number of hydrogen-bond donors (Lipinski definition) is 1. The summed E-state index contributed by atoms with van der Waals surface area (Å²) >= 11 is 0. The molecule has 1 aliphatic rings. The summed E-state index contributed by atoms with van der Waals surface area (Å²) in [6, 6.07) is 5.55. The van der Waals surface area contributed by atoms with Crippen LogP contribution in [-0.2, 0) is 4.79 Å². The Labute approximate surface area is 141 Å². The van der Waals surface area contributed by atoms with Crippen LogP contribution in [0.3, 0.4) is 0 Å². The van der Waals surface area contributed by atoms with Crippen LogP contribution in [0.15, 0.2) is 18.2 Å². The number of carbonyl (C=O) groups is 2. The van der Waals surface area contributed by atoms with Crippen molar-refractivity contribution in [2.45, 2.75) is 33.1 Å². The number of nitrogens with zero attached hydrogens (tertiary/aromatic N) is 3. The number of H-pyrrole nitrogens is 1. The summed E-state index contributed by atoms with van der Waals surface area (Å²) in [5.74, 6) is 1.07. The number of fused-ring (bicyclic) bond motifs is 1. The molecule has 6 nitrogen and oxygen atoms in total. The van der Waals surface area contributed by atoms with Crippen molar-refractivity contribution in [1.82, 2.24) is 19.8 Å². The second-order valence-electron chi connectivity index (χ2n) is 6.33. The van der Waals surface area contributed by atoms with E-state index in [0.29, 0.717) is 38.2 Å². The normalized spacial score (nSPS) is 15.1. The molecule has 1 fully saturated rings. The van der Waals surface area contributed by atoms with E-state index in [4.69, 9.17) is 0 Å². The fraction of sp³-hybridized carbons (Fsp3) is 0.500. The minimum Gasteiger partial charge on any atom is -0.342 e. The number of benzene rings is 1. The fourth-order valence-corrected chi connectivity index (χ4v) is 3.10. The number of aromatic amines is 1. The predicted octanol–water partition coefficient (Wildman–Crippen LogP) is 2.35. The van der Waals surface area contributed by atoms with Crippen molar-refractivity contribution in [3.63, 3.8) is 0 Å². The predicted molar refractivity (Wildman–Crippen MR) is 92.8 cm³/mol. The van der Waals surface area contributed by atoms with Gasteiger partial charge >= 0.3 is 0 Å². The van der Waals surface area contributed by atoms with Crippen LogP contribution in [0.4, 0.5) is 0 Å². The second-order valence-corrected chi connectivity index (χ2v) is 6.33. The Morgan fingerprint density at radius 1 is 1.17 bits per heavy atom. The van der Waals surface area contributed by atoms with Crippen molar-refractivity contribution in [3.05, 3.63) is 29.6 Å². The molecule has 2 amide bonds. The highest BCUT2D eigenvalue weighted by Gasteiger charge is 2.24. The third kappa shape index (κ3) is 3.42. The van der Waals surface area contributed by atoms with Gasteiger partial charge in [-0.3, -0.25) is 9.59 Å². The minimum atomic E-state index is 0.0183. The Bertz CT molecular complexity index is 745. The van der Waals surface area contributed by atoms with E-state index in [9.17, 15) is 9.59 Å². The number of imidazole rings is 1. The van der Waals surface area contributed by atoms with Crippen LogP contribution in [0.1, 0.15) is 42.4 Å². The second kappa shape index (κ2) is 7.03. The first-order valence-electron chi connectivity index (χ1n) is 8.62. The molecular formula is C18H24N4O2. The Morgan fingerprint density at radius 2 is 1.88 bits per heavy atom. The molecule has 1 aromatic carbocycles. The maximum Gasteiger partial charge on any atom is 0.254 e. The summed E-state index contributed by atoms with van der Waals surface area (Å²) in [6.07, 6.45) is 2.57. The number of unbranched alkanes of at least 4 members (excludes halogenated alkanes) is 1. The van der Waals surface area contributed by atoms with Crippen molar-refractivity contribution < 1.29 is 9.59 Å². The maximum atomic E-state index is 12.7. The van der Waals surface area contributed by atoms with Gasteiger partial charge in [-0.25, -0.2) is 4.98 Å².